The Balaban J connectivity index is 1.75. The number of nitrogens with one attached hydrogen (secondary N) is 2. The molecule has 0 atom stereocenters. The summed E-state index contributed by atoms with van der Waals surface area (Å²) < 4.78 is 33.2. The molecule has 8 heteroatoms. The van der Waals surface area contributed by atoms with Crippen LogP contribution in [-0.2, 0) is 14.8 Å². The van der Waals surface area contributed by atoms with Crippen molar-refractivity contribution in [1.82, 2.24) is 4.31 Å². The standard InChI is InChI=1S/C23H31N3O4S/c1-17-9-8-10-18(2)23(17)25-22(27)16-24-20-15-19(11-12-21(20)30-3)31(28,29)26-13-6-4-5-7-14-26/h8-12,15,24H,4-7,13-14,16H2,1-3H3,(H,25,27). The Morgan fingerprint density at radius 1 is 1.03 bits per heavy atom. The van der Waals surface area contributed by atoms with Gasteiger partial charge >= 0.3 is 0 Å². The van der Waals surface area contributed by atoms with Gasteiger partial charge in [0, 0.05) is 18.8 Å². The van der Waals surface area contributed by atoms with Crippen LogP contribution in [0.15, 0.2) is 41.3 Å². The van der Waals surface area contributed by atoms with Crippen LogP contribution in [0.1, 0.15) is 36.8 Å². The number of benzene rings is 2. The fourth-order valence-corrected chi connectivity index (χ4v) is 5.33. The molecule has 1 fully saturated rings. The van der Waals surface area contributed by atoms with Crippen molar-refractivity contribution in [3.8, 4) is 5.75 Å². The molecule has 7 nitrogen and oxygen atoms in total. The highest BCUT2D eigenvalue weighted by molar-refractivity contribution is 7.89. The van der Waals surface area contributed by atoms with E-state index in [9.17, 15) is 13.2 Å². The van der Waals surface area contributed by atoms with Gasteiger partial charge in [0.2, 0.25) is 15.9 Å². The Labute approximate surface area is 184 Å². The lowest BCUT2D eigenvalue weighted by molar-refractivity contribution is -0.114. The fourth-order valence-electron chi connectivity index (χ4n) is 3.79. The largest absolute Gasteiger partial charge is 0.495 e. The minimum atomic E-state index is -3.59. The molecule has 2 aromatic carbocycles. The molecule has 1 aliphatic rings. The van der Waals surface area contributed by atoms with Crippen LogP contribution < -0.4 is 15.4 Å². The van der Waals surface area contributed by atoms with Crippen LogP contribution in [0.4, 0.5) is 11.4 Å². The minimum absolute atomic E-state index is 0.0165. The predicted molar refractivity (Wildman–Crippen MR) is 123 cm³/mol. The molecule has 0 unspecified atom stereocenters. The van der Waals surface area contributed by atoms with Crippen LogP contribution in [0.25, 0.3) is 0 Å². The van der Waals surface area contributed by atoms with E-state index in [1.54, 1.807) is 22.5 Å². The normalized spacial score (nSPS) is 15.2. The second kappa shape index (κ2) is 10.2. The van der Waals surface area contributed by atoms with E-state index >= 15 is 0 Å². The molecular formula is C23H31N3O4S. The number of amides is 1. The smallest absolute Gasteiger partial charge is 0.243 e. The number of hydrogen-bond acceptors (Lipinski definition) is 5. The molecule has 1 saturated heterocycles. The van der Waals surface area contributed by atoms with E-state index in [2.05, 4.69) is 10.6 Å². The first-order valence-corrected chi connectivity index (χ1v) is 12.0. The number of para-hydroxylation sites is 1. The Bertz CT molecular complexity index is 1010. The minimum Gasteiger partial charge on any atom is -0.495 e. The second-order valence-corrected chi connectivity index (χ2v) is 9.79. The molecule has 0 aliphatic carbocycles. The molecule has 0 saturated carbocycles. The molecule has 0 radical (unpaired) electrons. The van der Waals surface area contributed by atoms with Gasteiger partial charge in [-0.05, 0) is 56.0 Å². The molecule has 0 aromatic heterocycles. The van der Waals surface area contributed by atoms with Gasteiger partial charge in [-0.2, -0.15) is 4.31 Å². The van der Waals surface area contributed by atoms with Gasteiger partial charge in [-0.15, -0.1) is 0 Å². The maximum absolute atomic E-state index is 13.1. The third kappa shape index (κ3) is 5.57. The Kier molecular flexibility index (Phi) is 7.56. The lowest BCUT2D eigenvalue weighted by atomic mass is 10.1. The second-order valence-electron chi connectivity index (χ2n) is 7.85. The molecule has 1 aliphatic heterocycles. The summed E-state index contributed by atoms with van der Waals surface area (Å²) >= 11 is 0. The zero-order valence-corrected chi connectivity index (χ0v) is 19.2. The Hall–Kier alpha value is -2.58. The van der Waals surface area contributed by atoms with Gasteiger partial charge < -0.3 is 15.4 Å². The van der Waals surface area contributed by atoms with Gasteiger partial charge in [-0.25, -0.2) is 8.42 Å². The summed E-state index contributed by atoms with van der Waals surface area (Å²) in [5, 5.41) is 5.95. The average Bonchev–Trinajstić information content (AvgIpc) is 3.05. The zero-order valence-electron chi connectivity index (χ0n) is 18.4. The van der Waals surface area contributed by atoms with E-state index in [1.807, 2.05) is 32.0 Å². The van der Waals surface area contributed by atoms with Crippen molar-refractivity contribution in [2.45, 2.75) is 44.4 Å². The average molecular weight is 446 g/mol. The number of rotatable bonds is 7. The SMILES string of the molecule is COc1ccc(S(=O)(=O)N2CCCCCC2)cc1NCC(=O)Nc1c(C)cccc1C. The summed E-state index contributed by atoms with van der Waals surface area (Å²) in [6, 6.07) is 10.6. The van der Waals surface area contributed by atoms with E-state index in [0.717, 1.165) is 42.5 Å². The van der Waals surface area contributed by atoms with E-state index < -0.39 is 10.0 Å². The summed E-state index contributed by atoms with van der Waals surface area (Å²) in [4.78, 5) is 12.7. The van der Waals surface area contributed by atoms with Crippen LogP contribution in [0, 0.1) is 13.8 Å². The number of hydrogen-bond donors (Lipinski definition) is 2. The first kappa shape index (κ1) is 23.1. The van der Waals surface area contributed by atoms with Crippen LogP contribution in [-0.4, -0.2) is 45.4 Å². The monoisotopic (exact) mass is 445 g/mol. The van der Waals surface area contributed by atoms with Gasteiger partial charge in [0.05, 0.1) is 24.2 Å². The molecular weight excluding hydrogens is 414 g/mol. The maximum Gasteiger partial charge on any atom is 0.243 e. The van der Waals surface area contributed by atoms with E-state index in [4.69, 9.17) is 4.74 Å². The van der Waals surface area contributed by atoms with Gasteiger partial charge in [0.15, 0.2) is 0 Å². The number of aryl methyl sites for hydroxylation is 2. The van der Waals surface area contributed by atoms with Crippen LogP contribution in [0.2, 0.25) is 0 Å². The summed E-state index contributed by atoms with van der Waals surface area (Å²) in [6.07, 6.45) is 3.85. The quantitative estimate of drug-likeness (QED) is 0.674. The molecule has 31 heavy (non-hydrogen) atoms. The molecule has 1 heterocycles. The molecule has 3 rings (SSSR count). The third-order valence-corrected chi connectivity index (χ3v) is 7.45. The number of methoxy groups -OCH3 is 1. The highest BCUT2D eigenvalue weighted by Gasteiger charge is 2.26. The molecule has 2 N–H and O–H groups in total. The zero-order chi connectivity index (χ0) is 22.4. The van der Waals surface area contributed by atoms with E-state index in [-0.39, 0.29) is 17.3 Å². The number of carbonyl (C=O) groups is 1. The van der Waals surface area contributed by atoms with Crippen LogP contribution in [0.5, 0.6) is 5.75 Å². The predicted octanol–water partition coefficient (Wildman–Crippen LogP) is 3.93. The van der Waals surface area contributed by atoms with Crippen LogP contribution in [0.3, 0.4) is 0 Å². The summed E-state index contributed by atoms with van der Waals surface area (Å²) in [7, 11) is -2.08. The summed E-state index contributed by atoms with van der Waals surface area (Å²) in [6.45, 7) is 4.94. The lowest BCUT2D eigenvalue weighted by Gasteiger charge is -2.21. The van der Waals surface area contributed by atoms with Crippen molar-refractivity contribution in [3.63, 3.8) is 0 Å². The van der Waals surface area contributed by atoms with Crippen molar-refractivity contribution in [2.75, 3.05) is 37.4 Å². The molecule has 1 amide bonds. The maximum atomic E-state index is 13.1. The molecule has 0 spiro atoms. The summed E-state index contributed by atoms with van der Waals surface area (Å²) in [5.41, 5.74) is 3.22. The first-order valence-electron chi connectivity index (χ1n) is 10.6. The van der Waals surface area contributed by atoms with Gasteiger partial charge in [0.25, 0.3) is 0 Å². The van der Waals surface area contributed by atoms with Crippen molar-refractivity contribution in [3.05, 3.63) is 47.5 Å². The lowest BCUT2D eigenvalue weighted by Crippen LogP contribution is -2.32. The van der Waals surface area contributed by atoms with E-state index in [0.29, 0.717) is 24.5 Å². The highest BCUT2D eigenvalue weighted by Crippen LogP contribution is 2.30. The Morgan fingerprint density at radius 2 is 1.68 bits per heavy atom. The topological polar surface area (TPSA) is 87.7 Å². The van der Waals surface area contributed by atoms with Crippen LogP contribution >= 0.6 is 0 Å². The highest BCUT2D eigenvalue weighted by atomic mass is 32.2. The number of nitrogens with zero attached hydrogens (tertiary/aromatic N) is 1. The number of carbonyl (C=O) groups excluding carboxylic acids is 1. The number of sulfonamides is 1. The summed E-state index contributed by atoms with van der Waals surface area (Å²) in [5.74, 6) is 0.259. The van der Waals surface area contributed by atoms with Crippen molar-refractivity contribution >= 4 is 27.3 Å². The van der Waals surface area contributed by atoms with Crippen molar-refractivity contribution in [1.29, 1.82) is 0 Å². The number of ether oxygens (including phenoxy) is 1. The van der Waals surface area contributed by atoms with E-state index in [1.165, 1.54) is 7.11 Å². The van der Waals surface area contributed by atoms with Gasteiger partial charge in [-0.3, -0.25) is 4.79 Å². The Morgan fingerprint density at radius 3 is 2.29 bits per heavy atom. The van der Waals surface area contributed by atoms with Crippen molar-refractivity contribution in [2.24, 2.45) is 0 Å². The van der Waals surface area contributed by atoms with Gasteiger partial charge in [-0.1, -0.05) is 31.0 Å². The molecule has 168 valence electrons. The molecule has 0 bridgehead atoms. The third-order valence-electron chi connectivity index (χ3n) is 5.56. The number of anilines is 2. The van der Waals surface area contributed by atoms with Gasteiger partial charge in [0.1, 0.15) is 5.75 Å². The first-order chi connectivity index (χ1) is 14.8. The van der Waals surface area contributed by atoms with Crippen molar-refractivity contribution < 1.29 is 17.9 Å². The fraction of sp³-hybridized carbons (Fsp3) is 0.435. The molecule has 2 aromatic rings.